The lowest BCUT2D eigenvalue weighted by Gasteiger charge is -2.32. The third-order valence-electron chi connectivity index (χ3n) is 5.34. The molecule has 3 rings (SSSR count). The lowest BCUT2D eigenvalue weighted by atomic mass is 10.0. The Morgan fingerprint density at radius 2 is 1.61 bits per heavy atom. The maximum absolute atomic E-state index is 13.6. The maximum atomic E-state index is 13.6. The Balaban J connectivity index is 1.97. The van der Waals surface area contributed by atoms with Gasteiger partial charge in [0, 0.05) is 39.1 Å². The van der Waals surface area contributed by atoms with Crippen molar-refractivity contribution in [1.82, 2.24) is 10.2 Å². The summed E-state index contributed by atoms with van der Waals surface area (Å²) >= 11 is 22.5. The zero-order valence-corrected chi connectivity index (χ0v) is 23.7. The van der Waals surface area contributed by atoms with Crippen molar-refractivity contribution in [2.75, 3.05) is 6.61 Å². The van der Waals surface area contributed by atoms with Crippen LogP contribution < -0.4 is 10.1 Å². The summed E-state index contributed by atoms with van der Waals surface area (Å²) < 4.78 is 6.54. The average Bonchev–Trinajstić information content (AvgIpc) is 2.82. The fraction of sp³-hybridized carbons (Fsp3) is 0.259. The number of hydrogen-bond acceptors (Lipinski definition) is 3. The van der Waals surface area contributed by atoms with E-state index in [0.717, 1.165) is 10.0 Å². The van der Waals surface area contributed by atoms with Gasteiger partial charge in [-0.3, -0.25) is 9.59 Å². The van der Waals surface area contributed by atoms with Crippen LogP contribution in [-0.4, -0.2) is 35.4 Å². The van der Waals surface area contributed by atoms with Crippen molar-refractivity contribution < 1.29 is 14.3 Å². The zero-order valence-electron chi connectivity index (χ0n) is 19.8. The Morgan fingerprint density at radius 1 is 0.944 bits per heavy atom. The number of nitrogens with one attached hydrogen (secondary N) is 1. The van der Waals surface area contributed by atoms with Gasteiger partial charge in [0.2, 0.25) is 5.91 Å². The van der Waals surface area contributed by atoms with Gasteiger partial charge in [-0.15, -0.1) is 0 Å². The van der Waals surface area contributed by atoms with Crippen molar-refractivity contribution in [1.29, 1.82) is 0 Å². The average molecular weight is 613 g/mol. The van der Waals surface area contributed by atoms with Gasteiger partial charge in [0.1, 0.15) is 11.8 Å². The Kier molecular flexibility index (Phi) is 10.5. The quantitative estimate of drug-likeness (QED) is 0.270. The Bertz CT molecular complexity index is 1190. The molecule has 0 heterocycles. The van der Waals surface area contributed by atoms with Crippen molar-refractivity contribution in [2.24, 2.45) is 0 Å². The van der Waals surface area contributed by atoms with E-state index in [-0.39, 0.29) is 25.1 Å². The first-order valence-corrected chi connectivity index (χ1v) is 13.2. The topological polar surface area (TPSA) is 58.6 Å². The monoisotopic (exact) mass is 610 g/mol. The predicted octanol–water partition coefficient (Wildman–Crippen LogP) is 6.95. The molecule has 0 spiro atoms. The summed E-state index contributed by atoms with van der Waals surface area (Å²) in [6, 6.07) is 18.8. The van der Waals surface area contributed by atoms with Gasteiger partial charge >= 0.3 is 0 Å². The van der Waals surface area contributed by atoms with E-state index in [1.54, 1.807) is 36.4 Å². The molecule has 0 unspecified atom stereocenters. The van der Waals surface area contributed by atoms with Crippen molar-refractivity contribution in [3.05, 3.63) is 97.4 Å². The highest BCUT2D eigenvalue weighted by Crippen LogP contribution is 2.29. The number of carbonyl (C=O) groups excluding carboxylic acids is 2. The molecule has 0 fully saturated rings. The van der Waals surface area contributed by atoms with E-state index in [4.69, 9.17) is 39.5 Å². The number of carbonyl (C=O) groups is 2. The van der Waals surface area contributed by atoms with Crippen LogP contribution >= 0.6 is 50.7 Å². The molecule has 3 aromatic rings. The van der Waals surface area contributed by atoms with Crippen LogP contribution in [0, 0.1) is 0 Å². The van der Waals surface area contributed by atoms with E-state index < -0.39 is 11.9 Å². The van der Waals surface area contributed by atoms with Crippen LogP contribution in [0.3, 0.4) is 0 Å². The van der Waals surface area contributed by atoms with Crippen LogP contribution in [0.4, 0.5) is 0 Å². The minimum absolute atomic E-state index is 0.0256. The van der Waals surface area contributed by atoms with Crippen LogP contribution in [0.25, 0.3) is 0 Å². The second-order valence-electron chi connectivity index (χ2n) is 8.45. The number of benzene rings is 3. The van der Waals surface area contributed by atoms with E-state index in [1.807, 2.05) is 44.2 Å². The number of amides is 2. The molecule has 0 aliphatic heterocycles. The van der Waals surface area contributed by atoms with Gasteiger partial charge in [0.05, 0.1) is 5.02 Å². The third kappa shape index (κ3) is 7.87. The summed E-state index contributed by atoms with van der Waals surface area (Å²) in [5, 5.41) is 4.10. The van der Waals surface area contributed by atoms with E-state index in [0.29, 0.717) is 32.8 Å². The summed E-state index contributed by atoms with van der Waals surface area (Å²) in [5.74, 6) is -0.341. The Morgan fingerprint density at radius 3 is 2.22 bits per heavy atom. The molecule has 0 radical (unpaired) electrons. The van der Waals surface area contributed by atoms with E-state index >= 15 is 0 Å². The van der Waals surface area contributed by atoms with Gasteiger partial charge in [-0.1, -0.05) is 87.1 Å². The molecule has 9 heteroatoms. The normalized spacial score (nSPS) is 11.8. The molecule has 1 N–H and O–H groups in total. The van der Waals surface area contributed by atoms with Crippen LogP contribution in [0.15, 0.2) is 71.2 Å². The van der Waals surface area contributed by atoms with Crippen LogP contribution in [-0.2, 0) is 22.6 Å². The van der Waals surface area contributed by atoms with Gasteiger partial charge in [0.15, 0.2) is 6.61 Å². The second kappa shape index (κ2) is 13.3. The van der Waals surface area contributed by atoms with Crippen LogP contribution in [0.5, 0.6) is 5.75 Å². The van der Waals surface area contributed by atoms with E-state index in [9.17, 15) is 9.59 Å². The summed E-state index contributed by atoms with van der Waals surface area (Å²) in [7, 11) is 0. The smallest absolute Gasteiger partial charge is 0.261 e. The van der Waals surface area contributed by atoms with Gasteiger partial charge < -0.3 is 15.0 Å². The Hall–Kier alpha value is -2.25. The summed E-state index contributed by atoms with van der Waals surface area (Å²) in [5.41, 5.74) is 1.45. The van der Waals surface area contributed by atoms with Crippen molar-refractivity contribution in [2.45, 2.75) is 38.9 Å². The molecule has 3 aromatic carbocycles. The summed E-state index contributed by atoms with van der Waals surface area (Å²) in [6.45, 7) is 3.43. The molecular weight excluding hydrogens is 587 g/mol. The van der Waals surface area contributed by atoms with Gasteiger partial charge in [-0.25, -0.2) is 0 Å². The molecule has 0 aliphatic carbocycles. The first kappa shape index (κ1) is 28.3. The SMILES string of the molecule is CC(C)NC(=O)[C@@H](Cc1ccccc1)N(Cc1c(Cl)cccc1Cl)C(=O)COc1ccc(Br)cc1Cl. The van der Waals surface area contributed by atoms with Crippen LogP contribution in [0.2, 0.25) is 15.1 Å². The van der Waals surface area contributed by atoms with Gasteiger partial charge in [0.25, 0.3) is 5.91 Å². The molecular formula is C27H26BrCl3N2O3. The molecule has 5 nitrogen and oxygen atoms in total. The summed E-state index contributed by atoms with van der Waals surface area (Å²) in [4.78, 5) is 28.5. The van der Waals surface area contributed by atoms with E-state index in [2.05, 4.69) is 21.2 Å². The fourth-order valence-electron chi connectivity index (χ4n) is 3.60. The highest BCUT2D eigenvalue weighted by molar-refractivity contribution is 9.10. The number of rotatable bonds is 10. The third-order valence-corrected chi connectivity index (χ3v) is 6.83. The molecule has 0 aliphatic rings. The molecule has 2 amide bonds. The van der Waals surface area contributed by atoms with E-state index in [1.165, 1.54) is 4.90 Å². The number of hydrogen-bond donors (Lipinski definition) is 1. The fourth-order valence-corrected chi connectivity index (χ4v) is 4.85. The molecule has 1 atom stereocenters. The minimum atomic E-state index is -0.835. The minimum Gasteiger partial charge on any atom is -0.482 e. The predicted molar refractivity (Wildman–Crippen MR) is 149 cm³/mol. The largest absolute Gasteiger partial charge is 0.482 e. The van der Waals surface area contributed by atoms with Gasteiger partial charge in [-0.05, 0) is 49.7 Å². The maximum Gasteiger partial charge on any atom is 0.261 e. The number of ether oxygens (including phenoxy) is 1. The van der Waals surface area contributed by atoms with Crippen molar-refractivity contribution in [3.8, 4) is 5.75 Å². The molecule has 0 bridgehead atoms. The number of halogens is 4. The summed E-state index contributed by atoms with van der Waals surface area (Å²) in [6.07, 6.45) is 0.298. The molecule has 0 aromatic heterocycles. The van der Waals surface area contributed by atoms with Crippen molar-refractivity contribution in [3.63, 3.8) is 0 Å². The first-order chi connectivity index (χ1) is 17.2. The molecule has 36 heavy (non-hydrogen) atoms. The highest BCUT2D eigenvalue weighted by Gasteiger charge is 2.32. The first-order valence-electron chi connectivity index (χ1n) is 11.3. The molecule has 0 saturated carbocycles. The molecule has 0 saturated heterocycles. The number of nitrogens with zero attached hydrogens (tertiary/aromatic N) is 1. The van der Waals surface area contributed by atoms with Crippen LogP contribution in [0.1, 0.15) is 25.0 Å². The van der Waals surface area contributed by atoms with Crippen molar-refractivity contribution >= 4 is 62.5 Å². The lowest BCUT2D eigenvalue weighted by molar-refractivity contribution is -0.143. The Labute approximate surface area is 234 Å². The van der Waals surface area contributed by atoms with Gasteiger partial charge in [-0.2, -0.15) is 0 Å². The standard InChI is InChI=1S/C27H26BrCl3N2O3/c1-17(2)32-27(35)24(13-18-7-4-3-5-8-18)33(15-20-21(29)9-6-10-22(20)30)26(34)16-36-25-12-11-19(28)14-23(25)31/h3-12,14,17,24H,13,15-16H2,1-2H3,(H,32,35)/t24-/m1/s1. The molecule has 190 valence electrons. The lowest BCUT2D eigenvalue weighted by Crippen LogP contribution is -2.52. The zero-order chi connectivity index (χ0) is 26.2. The highest BCUT2D eigenvalue weighted by atomic mass is 79.9. The second-order valence-corrected chi connectivity index (χ2v) is 10.6.